The number of anilines is 1. The average molecular weight is 379 g/mol. The first-order valence-corrected chi connectivity index (χ1v) is 10.1. The number of piperidine rings is 1. The van der Waals surface area contributed by atoms with Gasteiger partial charge in [0.15, 0.2) is 5.16 Å². The van der Waals surface area contributed by atoms with E-state index < -0.39 is 6.03 Å². The number of nitrogens with one attached hydrogen (secondary N) is 2. The third kappa shape index (κ3) is 4.78. The number of hydrogen-bond acceptors (Lipinski definition) is 6. The molecule has 0 spiro atoms. The number of hydrogen-bond donors (Lipinski definition) is 2. The second-order valence-corrected chi connectivity index (χ2v) is 7.83. The van der Waals surface area contributed by atoms with Crippen LogP contribution in [-0.4, -0.2) is 52.1 Å². The summed E-state index contributed by atoms with van der Waals surface area (Å²) in [5.41, 5.74) is 0. The van der Waals surface area contributed by atoms with Crippen LogP contribution in [0.5, 0.6) is 0 Å². The van der Waals surface area contributed by atoms with Gasteiger partial charge >= 0.3 is 6.03 Å². The number of rotatable bonds is 7. The molecule has 0 aromatic carbocycles. The first-order valence-electron chi connectivity index (χ1n) is 9.09. The summed E-state index contributed by atoms with van der Waals surface area (Å²) in [6.45, 7) is 8.12. The molecule has 2 aliphatic rings. The van der Waals surface area contributed by atoms with Crippen LogP contribution in [-0.2, 0) is 4.79 Å². The quantitative estimate of drug-likeness (QED) is 0.557. The molecule has 1 saturated heterocycles. The van der Waals surface area contributed by atoms with E-state index >= 15 is 0 Å². The Balaban J connectivity index is 1.59. The standard InChI is InChI=1S/C17H26N6O2S/c1-3-8-18-15(25)19-14(24)11-26-17-21-20-16(23(17)13-4-5-13)22-9-6-12(2)7-10-22/h3,12-13H,1,4-11H2,2H3,(H2,18,19,24,25). The molecule has 1 saturated carbocycles. The number of carbonyl (C=O) groups is 2. The SMILES string of the molecule is C=CCNC(=O)NC(=O)CSc1nnc(N2CCC(C)CC2)n1C1CC1. The molecule has 2 heterocycles. The van der Waals surface area contributed by atoms with Crippen LogP contribution in [0.15, 0.2) is 17.8 Å². The van der Waals surface area contributed by atoms with Crippen molar-refractivity contribution in [3.8, 4) is 0 Å². The number of nitrogens with zero attached hydrogens (tertiary/aromatic N) is 4. The Hall–Kier alpha value is -2.03. The van der Waals surface area contributed by atoms with Crippen molar-refractivity contribution in [1.29, 1.82) is 0 Å². The summed E-state index contributed by atoms with van der Waals surface area (Å²) in [5, 5.41) is 14.3. The number of imide groups is 1. The minimum absolute atomic E-state index is 0.128. The van der Waals surface area contributed by atoms with Gasteiger partial charge in [-0.3, -0.25) is 14.7 Å². The van der Waals surface area contributed by atoms with Gasteiger partial charge in [0.2, 0.25) is 11.9 Å². The van der Waals surface area contributed by atoms with E-state index in [0.29, 0.717) is 12.6 Å². The minimum Gasteiger partial charge on any atom is -0.341 e. The fourth-order valence-corrected chi connectivity index (χ4v) is 3.75. The Labute approximate surface area is 157 Å². The smallest absolute Gasteiger partial charge is 0.321 e. The maximum atomic E-state index is 11.9. The van der Waals surface area contributed by atoms with Gasteiger partial charge in [0.1, 0.15) is 0 Å². The second kappa shape index (κ2) is 8.57. The number of aromatic nitrogens is 3. The molecule has 0 unspecified atom stereocenters. The number of urea groups is 1. The van der Waals surface area contributed by atoms with Crippen molar-refractivity contribution in [2.45, 2.75) is 43.8 Å². The zero-order chi connectivity index (χ0) is 18.5. The Morgan fingerprint density at radius 2 is 2.00 bits per heavy atom. The van der Waals surface area contributed by atoms with E-state index in [0.717, 1.165) is 43.0 Å². The van der Waals surface area contributed by atoms with Crippen molar-refractivity contribution < 1.29 is 9.59 Å². The molecule has 142 valence electrons. The van der Waals surface area contributed by atoms with E-state index in [-0.39, 0.29) is 11.7 Å². The molecule has 1 aliphatic heterocycles. The van der Waals surface area contributed by atoms with Crippen molar-refractivity contribution in [2.24, 2.45) is 5.92 Å². The van der Waals surface area contributed by atoms with Crippen LogP contribution in [0, 0.1) is 5.92 Å². The molecular weight excluding hydrogens is 352 g/mol. The highest BCUT2D eigenvalue weighted by molar-refractivity contribution is 7.99. The summed E-state index contributed by atoms with van der Waals surface area (Å²) in [4.78, 5) is 25.8. The highest BCUT2D eigenvalue weighted by Crippen LogP contribution is 2.41. The molecule has 3 rings (SSSR count). The maximum absolute atomic E-state index is 11.9. The van der Waals surface area contributed by atoms with Crippen molar-refractivity contribution >= 4 is 29.6 Å². The van der Waals surface area contributed by atoms with Crippen molar-refractivity contribution in [2.75, 3.05) is 30.3 Å². The van der Waals surface area contributed by atoms with Crippen LogP contribution in [0.4, 0.5) is 10.7 Å². The largest absolute Gasteiger partial charge is 0.341 e. The summed E-state index contributed by atoms with van der Waals surface area (Å²) < 4.78 is 2.17. The molecule has 0 bridgehead atoms. The van der Waals surface area contributed by atoms with Crippen molar-refractivity contribution in [3.63, 3.8) is 0 Å². The van der Waals surface area contributed by atoms with Gasteiger partial charge in [-0.15, -0.1) is 16.8 Å². The Morgan fingerprint density at radius 3 is 2.65 bits per heavy atom. The molecule has 2 fully saturated rings. The summed E-state index contributed by atoms with van der Waals surface area (Å²) in [6.07, 6.45) is 6.14. The first-order chi connectivity index (χ1) is 12.6. The molecular formula is C17H26N6O2S. The lowest BCUT2D eigenvalue weighted by molar-refractivity contribution is -0.117. The fourth-order valence-electron chi connectivity index (χ4n) is 2.95. The van der Waals surface area contributed by atoms with Gasteiger partial charge in [0.05, 0.1) is 5.75 Å². The zero-order valence-electron chi connectivity index (χ0n) is 15.1. The molecule has 8 nitrogen and oxygen atoms in total. The van der Waals surface area contributed by atoms with Crippen molar-refractivity contribution in [1.82, 2.24) is 25.4 Å². The Kier molecular flexibility index (Phi) is 6.18. The normalized spacial score (nSPS) is 17.8. The summed E-state index contributed by atoms with van der Waals surface area (Å²) in [7, 11) is 0. The van der Waals surface area contributed by atoms with Gasteiger partial charge in [0, 0.05) is 25.7 Å². The Morgan fingerprint density at radius 1 is 1.27 bits per heavy atom. The highest BCUT2D eigenvalue weighted by atomic mass is 32.2. The van der Waals surface area contributed by atoms with Crippen molar-refractivity contribution in [3.05, 3.63) is 12.7 Å². The van der Waals surface area contributed by atoms with Crippen LogP contribution < -0.4 is 15.5 Å². The lowest BCUT2D eigenvalue weighted by Crippen LogP contribution is -2.40. The minimum atomic E-state index is -0.512. The van der Waals surface area contributed by atoms with E-state index in [9.17, 15) is 9.59 Å². The monoisotopic (exact) mass is 378 g/mol. The summed E-state index contributed by atoms with van der Waals surface area (Å²) in [5.74, 6) is 1.46. The molecule has 1 aliphatic carbocycles. The average Bonchev–Trinajstić information content (AvgIpc) is 3.38. The molecule has 1 aromatic heterocycles. The lowest BCUT2D eigenvalue weighted by atomic mass is 10.00. The van der Waals surface area contributed by atoms with E-state index in [1.807, 2.05) is 0 Å². The molecule has 0 radical (unpaired) electrons. The summed E-state index contributed by atoms with van der Waals surface area (Å²) >= 11 is 1.33. The molecule has 0 atom stereocenters. The van der Waals surface area contributed by atoms with Gasteiger partial charge in [-0.05, 0) is 31.6 Å². The third-order valence-electron chi connectivity index (χ3n) is 4.62. The van der Waals surface area contributed by atoms with Gasteiger partial charge in [-0.2, -0.15) is 0 Å². The third-order valence-corrected chi connectivity index (χ3v) is 5.56. The van der Waals surface area contributed by atoms with E-state index in [4.69, 9.17) is 0 Å². The lowest BCUT2D eigenvalue weighted by Gasteiger charge is -2.31. The maximum Gasteiger partial charge on any atom is 0.321 e. The number of thioether (sulfide) groups is 1. The van der Waals surface area contributed by atoms with Crippen LogP contribution in [0.25, 0.3) is 0 Å². The predicted octanol–water partition coefficient (Wildman–Crippen LogP) is 1.95. The van der Waals surface area contributed by atoms with E-state index in [2.05, 4.69) is 43.8 Å². The first kappa shape index (κ1) is 18.8. The van der Waals surface area contributed by atoms with Gasteiger partial charge in [-0.25, -0.2) is 4.79 Å². The molecule has 1 aromatic rings. The van der Waals surface area contributed by atoms with Crippen LogP contribution in [0.1, 0.15) is 38.6 Å². The van der Waals surface area contributed by atoms with Gasteiger partial charge in [0.25, 0.3) is 0 Å². The highest BCUT2D eigenvalue weighted by Gasteiger charge is 2.32. The number of carbonyl (C=O) groups excluding carboxylic acids is 2. The van der Waals surface area contributed by atoms with Gasteiger partial charge in [-0.1, -0.05) is 24.8 Å². The topological polar surface area (TPSA) is 92.2 Å². The van der Waals surface area contributed by atoms with E-state index in [1.165, 1.54) is 24.6 Å². The Bertz CT molecular complexity index is 664. The zero-order valence-corrected chi connectivity index (χ0v) is 15.9. The summed E-state index contributed by atoms with van der Waals surface area (Å²) in [6, 6.07) is -0.0805. The van der Waals surface area contributed by atoms with Gasteiger partial charge < -0.3 is 10.2 Å². The molecule has 9 heteroatoms. The second-order valence-electron chi connectivity index (χ2n) is 6.89. The molecule has 26 heavy (non-hydrogen) atoms. The molecule has 3 amide bonds. The number of amides is 3. The van der Waals surface area contributed by atoms with Crippen LogP contribution in [0.3, 0.4) is 0 Å². The van der Waals surface area contributed by atoms with Crippen LogP contribution in [0.2, 0.25) is 0 Å². The molecule has 2 N–H and O–H groups in total. The predicted molar refractivity (Wildman–Crippen MR) is 101 cm³/mol. The van der Waals surface area contributed by atoms with Crippen LogP contribution >= 0.6 is 11.8 Å². The van der Waals surface area contributed by atoms with E-state index in [1.54, 1.807) is 6.08 Å². The fraction of sp³-hybridized carbons (Fsp3) is 0.647.